The van der Waals surface area contributed by atoms with Crippen molar-refractivity contribution in [1.82, 2.24) is 9.78 Å². The Morgan fingerprint density at radius 1 is 1.29 bits per heavy atom. The fourth-order valence-corrected chi connectivity index (χ4v) is 2.78. The maximum absolute atomic E-state index is 10.7. The van der Waals surface area contributed by atoms with Crippen LogP contribution in [0, 0.1) is 10.1 Å². The van der Waals surface area contributed by atoms with Crippen LogP contribution in [0.25, 0.3) is 10.8 Å². The van der Waals surface area contributed by atoms with E-state index >= 15 is 0 Å². The number of aliphatic hydroxyl groups excluding tert-OH is 1. The van der Waals surface area contributed by atoms with Crippen molar-refractivity contribution in [2.75, 3.05) is 18.5 Å². The number of fused-ring (bicyclic) bond motifs is 1. The molecule has 1 unspecified atom stereocenters. The van der Waals surface area contributed by atoms with Crippen LogP contribution in [-0.2, 0) is 6.54 Å². The Hall–Kier alpha value is -2.93. The first-order chi connectivity index (χ1) is 11.5. The molecule has 0 aliphatic rings. The van der Waals surface area contributed by atoms with Gasteiger partial charge in [-0.05, 0) is 11.5 Å². The molecule has 0 amide bonds. The lowest BCUT2D eigenvalue weighted by atomic mass is 10.1. The van der Waals surface area contributed by atoms with Crippen molar-refractivity contribution in [3.63, 3.8) is 0 Å². The molecule has 0 saturated heterocycles. The molecule has 7 nitrogen and oxygen atoms in total. The molecule has 7 heteroatoms. The third-order valence-electron chi connectivity index (χ3n) is 3.89. The van der Waals surface area contributed by atoms with Crippen LogP contribution in [0.3, 0.4) is 0 Å². The second-order valence-corrected chi connectivity index (χ2v) is 5.71. The molecule has 24 heavy (non-hydrogen) atoms. The number of rotatable bonds is 6. The molecule has 0 bridgehead atoms. The van der Waals surface area contributed by atoms with Gasteiger partial charge in [0.2, 0.25) is 0 Å². The van der Waals surface area contributed by atoms with Gasteiger partial charge in [-0.2, -0.15) is 5.10 Å². The van der Waals surface area contributed by atoms with E-state index in [9.17, 15) is 15.2 Å². The lowest BCUT2D eigenvalue weighted by molar-refractivity contribution is -0.385. The molecule has 124 valence electrons. The summed E-state index contributed by atoms with van der Waals surface area (Å²) in [6.07, 6.45) is 1.80. The van der Waals surface area contributed by atoms with Gasteiger partial charge in [-0.15, -0.1) is 0 Å². The van der Waals surface area contributed by atoms with E-state index in [4.69, 9.17) is 0 Å². The van der Waals surface area contributed by atoms with Crippen molar-refractivity contribution < 1.29 is 10.0 Å². The number of aromatic nitrogens is 2. The molecule has 0 radical (unpaired) electrons. The van der Waals surface area contributed by atoms with Crippen molar-refractivity contribution in [3.8, 4) is 0 Å². The topological polar surface area (TPSA) is 84.4 Å². The van der Waals surface area contributed by atoms with Crippen molar-refractivity contribution in [2.24, 2.45) is 0 Å². The van der Waals surface area contributed by atoms with Gasteiger partial charge in [-0.3, -0.25) is 14.8 Å². The standard InChI is InChI=1S/C17H18N4O3/c1-19(17-8-4-6-13-5-2-3-7-16(13)17)11-15(22)12-20-10-14(9-18-20)21(23)24/h2-10,15,22H,11-12H2,1H3. The molecule has 1 aromatic heterocycles. The minimum absolute atomic E-state index is 0.0791. The average molecular weight is 326 g/mol. The van der Waals surface area contributed by atoms with Crippen LogP contribution in [0.4, 0.5) is 11.4 Å². The third kappa shape index (κ3) is 3.36. The van der Waals surface area contributed by atoms with Crippen LogP contribution in [0.15, 0.2) is 54.9 Å². The predicted octanol–water partition coefficient (Wildman–Crippen LogP) is 2.44. The molecule has 0 fully saturated rings. The summed E-state index contributed by atoms with van der Waals surface area (Å²) in [5.41, 5.74) is 0.947. The number of hydrogen-bond donors (Lipinski definition) is 1. The Morgan fingerprint density at radius 2 is 2.04 bits per heavy atom. The van der Waals surface area contributed by atoms with Crippen LogP contribution in [0.2, 0.25) is 0 Å². The fourth-order valence-electron chi connectivity index (χ4n) is 2.78. The molecular weight excluding hydrogens is 308 g/mol. The molecule has 1 N–H and O–H groups in total. The van der Waals surface area contributed by atoms with Gasteiger partial charge in [0.05, 0.1) is 17.6 Å². The number of aliphatic hydroxyl groups is 1. The Balaban J connectivity index is 1.71. The van der Waals surface area contributed by atoms with Crippen molar-refractivity contribution in [1.29, 1.82) is 0 Å². The lowest BCUT2D eigenvalue weighted by Crippen LogP contribution is -2.32. The highest BCUT2D eigenvalue weighted by Gasteiger charge is 2.14. The van der Waals surface area contributed by atoms with Crippen LogP contribution >= 0.6 is 0 Å². The monoisotopic (exact) mass is 326 g/mol. The molecule has 1 heterocycles. The van der Waals surface area contributed by atoms with Crippen LogP contribution in [0.5, 0.6) is 0 Å². The fraction of sp³-hybridized carbons (Fsp3) is 0.235. The van der Waals surface area contributed by atoms with E-state index in [1.165, 1.54) is 17.1 Å². The normalized spacial score (nSPS) is 12.2. The minimum Gasteiger partial charge on any atom is -0.389 e. The molecule has 1 atom stereocenters. The first kappa shape index (κ1) is 15.9. The molecular formula is C17H18N4O3. The van der Waals surface area contributed by atoms with E-state index in [0.717, 1.165) is 16.5 Å². The summed E-state index contributed by atoms with van der Waals surface area (Å²) in [7, 11) is 1.91. The summed E-state index contributed by atoms with van der Waals surface area (Å²) in [5, 5.41) is 27.1. The van der Waals surface area contributed by atoms with Gasteiger partial charge in [0, 0.05) is 24.7 Å². The van der Waals surface area contributed by atoms with Crippen molar-refractivity contribution >= 4 is 22.1 Å². The van der Waals surface area contributed by atoms with E-state index in [2.05, 4.69) is 5.10 Å². The molecule has 3 rings (SSSR count). The highest BCUT2D eigenvalue weighted by atomic mass is 16.6. The number of benzene rings is 2. The van der Waals surface area contributed by atoms with Gasteiger partial charge in [0.15, 0.2) is 0 Å². The number of anilines is 1. The van der Waals surface area contributed by atoms with Gasteiger partial charge in [-0.25, -0.2) is 0 Å². The quantitative estimate of drug-likeness (QED) is 0.555. The van der Waals surface area contributed by atoms with E-state index in [1.54, 1.807) is 0 Å². The van der Waals surface area contributed by atoms with Gasteiger partial charge in [-0.1, -0.05) is 36.4 Å². The second-order valence-electron chi connectivity index (χ2n) is 5.71. The summed E-state index contributed by atoms with van der Waals surface area (Å²) in [5.74, 6) is 0. The Morgan fingerprint density at radius 3 is 2.79 bits per heavy atom. The van der Waals surface area contributed by atoms with Gasteiger partial charge in [0.1, 0.15) is 12.4 Å². The SMILES string of the molecule is CN(CC(O)Cn1cc([N+](=O)[O-])cn1)c1cccc2ccccc12. The van der Waals surface area contributed by atoms with Crippen LogP contribution in [0.1, 0.15) is 0 Å². The first-order valence-electron chi connectivity index (χ1n) is 7.58. The van der Waals surface area contributed by atoms with E-state index < -0.39 is 11.0 Å². The number of hydrogen-bond acceptors (Lipinski definition) is 5. The zero-order chi connectivity index (χ0) is 17.1. The summed E-state index contributed by atoms with van der Waals surface area (Å²) in [6, 6.07) is 14.1. The lowest BCUT2D eigenvalue weighted by Gasteiger charge is -2.24. The summed E-state index contributed by atoms with van der Waals surface area (Å²) >= 11 is 0. The largest absolute Gasteiger partial charge is 0.389 e. The maximum Gasteiger partial charge on any atom is 0.306 e. The first-order valence-corrected chi connectivity index (χ1v) is 7.58. The van der Waals surface area contributed by atoms with E-state index in [0.29, 0.717) is 6.54 Å². The van der Waals surface area contributed by atoms with Crippen molar-refractivity contribution in [2.45, 2.75) is 12.6 Å². The number of likely N-dealkylation sites (N-methyl/N-ethyl adjacent to an activating group) is 1. The van der Waals surface area contributed by atoms with Crippen LogP contribution < -0.4 is 4.90 Å². The van der Waals surface area contributed by atoms with Crippen molar-refractivity contribution in [3.05, 3.63) is 65.0 Å². The zero-order valence-corrected chi connectivity index (χ0v) is 13.2. The van der Waals surface area contributed by atoms with Gasteiger partial charge in [0.25, 0.3) is 0 Å². The molecule has 0 aliphatic carbocycles. The number of nitro groups is 1. The highest BCUT2D eigenvalue weighted by molar-refractivity contribution is 5.94. The summed E-state index contributed by atoms with van der Waals surface area (Å²) in [4.78, 5) is 12.1. The molecule has 0 saturated carbocycles. The highest BCUT2D eigenvalue weighted by Crippen LogP contribution is 2.25. The predicted molar refractivity (Wildman–Crippen MR) is 92.1 cm³/mol. The average Bonchev–Trinajstić information content (AvgIpc) is 3.02. The van der Waals surface area contributed by atoms with Crippen LogP contribution in [-0.4, -0.2) is 39.5 Å². The smallest absolute Gasteiger partial charge is 0.306 e. The molecule has 3 aromatic rings. The molecule has 2 aromatic carbocycles. The van der Waals surface area contributed by atoms with Gasteiger partial charge < -0.3 is 10.0 Å². The second kappa shape index (κ2) is 6.67. The maximum atomic E-state index is 10.7. The summed E-state index contributed by atoms with van der Waals surface area (Å²) < 4.78 is 1.39. The number of nitrogens with zero attached hydrogens (tertiary/aromatic N) is 4. The minimum atomic E-state index is -0.700. The molecule has 0 spiro atoms. The Labute approximate surface area is 138 Å². The third-order valence-corrected chi connectivity index (χ3v) is 3.89. The summed E-state index contributed by atoms with van der Waals surface area (Å²) in [6.45, 7) is 0.588. The zero-order valence-electron chi connectivity index (χ0n) is 13.2. The van der Waals surface area contributed by atoms with E-state index in [1.807, 2.05) is 54.4 Å². The molecule has 0 aliphatic heterocycles. The van der Waals surface area contributed by atoms with Gasteiger partial charge >= 0.3 is 5.69 Å². The Bertz CT molecular complexity index is 856. The van der Waals surface area contributed by atoms with E-state index in [-0.39, 0.29) is 12.2 Å². The Kier molecular flexibility index (Phi) is 4.43.